The summed E-state index contributed by atoms with van der Waals surface area (Å²) in [6, 6.07) is 2.78. The molecule has 1 aliphatic heterocycles. The summed E-state index contributed by atoms with van der Waals surface area (Å²) in [4.78, 5) is 36.0. The summed E-state index contributed by atoms with van der Waals surface area (Å²) in [5, 5.41) is 10.7. The number of benzene rings is 1. The molecular formula is C15H14ClF3N2O4. The van der Waals surface area contributed by atoms with Crippen LogP contribution < -0.4 is 5.32 Å². The minimum absolute atomic E-state index is 0.0516. The molecule has 136 valence electrons. The Balaban J connectivity index is 2.08. The van der Waals surface area contributed by atoms with Gasteiger partial charge in [-0.05, 0) is 31.0 Å². The molecule has 25 heavy (non-hydrogen) atoms. The fraction of sp³-hybridized carbons (Fsp3) is 0.400. The molecule has 0 aliphatic carbocycles. The second-order valence-electron chi connectivity index (χ2n) is 5.55. The summed E-state index contributed by atoms with van der Waals surface area (Å²) >= 11 is 5.55. The maximum Gasteiger partial charge on any atom is 0.418 e. The SMILES string of the molecule is O=C(Nc1ccc(Cl)cc1C(F)(F)F)C(=O)N1CCC(C(=O)O)CC1. The zero-order valence-corrected chi connectivity index (χ0v) is 13.5. The average molecular weight is 379 g/mol. The monoisotopic (exact) mass is 378 g/mol. The number of likely N-dealkylation sites (tertiary alicyclic amines) is 1. The summed E-state index contributed by atoms with van der Waals surface area (Å²) in [6.45, 7) is 0.103. The molecule has 1 aromatic rings. The number of nitrogens with zero attached hydrogens (tertiary/aromatic N) is 1. The highest BCUT2D eigenvalue weighted by molar-refractivity contribution is 6.39. The molecule has 0 unspecified atom stereocenters. The van der Waals surface area contributed by atoms with Crippen LogP contribution in [-0.4, -0.2) is 40.9 Å². The van der Waals surface area contributed by atoms with Crippen LogP contribution in [0.5, 0.6) is 0 Å². The van der Waals surface area contributed by atoms with Crippen LogP contribution in [0.1, 0.15) is 18.4 Å². The molecule has 10 heteroatoms. The van der Waals surface area contributed by atoms with Crippen molar-refractivity contribution in [3.63, 3.8) is 0 Å². The molecule has 1 aliphatic rings. The third-order valence-corrected chi connectivity index (χ3v) is 4.10. The zero-order valence-electron chi connectivity index (χ0n) is 12.8. The van der Waals surface area contributed by atoms with Crippen molar-refractivity contribution in [2.24, 2.45) is 5.92 Å². The molecule has 0 bridgehead atoms. The maximum absolute atomic E-state index is 13.0. The van der Waals surface area contributed by atoms with E-state index >= 15 is 0 Å². The van der Waals surface area contributed by atoms with Gasteiger partial charge in [0.2, 0.25) is 0 Å². The lowest BCUT2D eigenvalue weighted by Crippen LogP contribution is -2.45. The molecule has 0 radical (unpaired) electrons. The van der Waals surface area contributed by atoms with Gasteiger partial charge in [-0.3, -0.25) is 14.4 Å². The van der Waals surface area contributed by atoms with Gasteiger partial charge in [0.25, 0.3) is 0 Å². The topological polar surface area (TPSA) is 86.7 Å². The molecule has 2 amide bonds. The highest BCUT2D eigenvalue weighted by Crippen LogP contribution is 2.36. The molecule has 0 aromatic heterocycles. The van der Waals surface area contributed by atoms with Crippen LogP contribution in [0.25, 0.3) is 0 Å². The number of carbonyl (C=O) groups is 3. The quantitative estimate of drug-likeness (QED) is 0.774. The molecule has 2 rings (SSSR count). The molecule has 1 fully saturated rings. The first-order valence-corrected chi connectivity index (χ1v) is 7.67. The number of carboxylic acids is 1. The summed E-state index contributed by atoms with van der Waals surface area (Å²) in [5.41, 5.74) is -1.73. The Hall–Kier alpha value is -2.29. The summed E-state index contributed by atoms with van der Waals surface area (Å²) in [5.74, 6) is -3.80. The van der Waals surface area contributed by atoms with Gasteiger partial charge in [0.15, 0.2) is 0 Å². The second kappa shape index (κ2) is 7.30. The van der Waals surface area contributed by atoms with Crippen LogP contribution >= 0.6 is 11.6 Å². The van der Waals surface area contributed by atoms with Crippen LogP contribution in [0.3, 0.4) is 0 Å². The van der Waals surface area contributed by atoms with E-state index < -0.39 is 41.1 Å². The molecule has 0 spiro atoms. The lowest BCUT2D eigenvalue weighted by molar-refractivity contribution is -0.148. The fourth-order valence-corrected chi connectivity index (χ4v) is 2.68. The van der Waals surface area contributed by atoms with E-state index in [9.17, 15) is 27.6 Å². The smallest absolute Gasteiger partial charge is 0.418 e. The van der Waals surface area contributed by atoms with Gasteiger partial charge in [-0.2, -0.15) is 13.2 Å². The van der Waals surface area contributed by atoms with Crippen molar-refractivity contribution in [1.82, 2.24) is 4.90 Å². The highest BCUT2D eigenvalue weighted by Gasteiger charge is 2.35. The Morgan fingerprint density at radius 3 is 2.32 bits per heavy atom. The van der Waals surface area contributed by atoms with Gasteiger partial charge in [0, 0.05) is 18.1 Å². The third kappa shape index (κ3) is 4.62. The number of carboxylic acid groups (broad SMARTS) is 1. The van der Waals surface area contributed by atoms with Crippen molar-refractivity contribution in [2.45, 2.75) is 19.0 Å². The number of amides is 2. The van der Waals surface area contributed by atoms with Gasteiger partial charge in [-0.25, -0.2) is 0 Å². The first kappa shape index (κ1) is 19.0. The van der Waals surface area contributed by atoms with Crippen molar-refractivity contribution < 1.29 is 32.7 Å². The van der Waals surface area contributed by atoms with E-state index in [0.717, 1.165) is 17.0 Å². The Bertz CT molecular complexity index is 701. The van der Waals surface area contributed by atoms with Gasteiger partial charge < -0.3 is 15.3 Å². The van der Waals surface area contributed by atoms with E-state index in [4.69, 9.17) is 16.7 Å². The number of hydrogen-bond acceptors (Lipinski definition) is 3. The minimum atomic E-state index is -4.75. The lowest BCUT2D eigenvalue weighted by atomic mass is 9.97. The van der Waals surface area contributed by atoms with E-state index in [1.54, 1.807) is 0 Å². The summed E-state index contributed by atoms with van der Waals surface area (Å²) in [6.07, 6.45) is -4.39. The standard InChI is InChI=1S/C15H14ClF3N2O4/c16-9-1-2-11(10(7-9)15(17,18)19)20-12(22)13(23)21-5-3-8(4-6-21)14(24)25/h1-2,7-8H,3-6H2,(H,20,22)(H,24,25). The van der Waals surface area contributed by atoms with Crippen LogP contribution in [0.2, 0.25) is 5.02 Å². The van der Waals surface area contributed by atoms with Crippen LogP contribution in [0.15, 0.2) is 18.2 Å². The zero-order chi connectivity index (χ0) is 18.8. The highest BCUT2D eigenvalue weighted by atomic mass is 35.5. The molecule has 0 saturated carbocycles. The van der Waals surface area contributed by atoms with E-state index in [-0.39, 0.29) is 31.0 Å². The molecular weight excluding hydrogens is 365 g/mol. The van der Waals surface area contributed by atoms with Crippen molar-refractivity contribution in [3.05, 3.63) is 28.8 Å². The number of hydrogen-bond donors (Lipinski definition) is 2. The van der Waals surface area contributed by atoms with Gasteiger partial charge in [0.05, 0.1) is 17.2 Å². The number of piperidine rings is 1. The normalized spacial score (nSPS) is 15.8. The van der Waals surface area contributed by atoms with E-state index in [1.807, 2.05) is 5.32 Å². The Labute approximate surface area is 145 Å². The number of anilines is 1. The minimum Gasteiger partial charge on any atom is -0.481 e. The third-order valence-electron chi connectivity index (χ3n) is 3.86. The first-order valence-electron chi connectivity index (χ1n) is 7.29. The van der Waals surface area contributed by atoms with E-state index in [2.05, 4.69) is 0 Å². The van der Waals surface area contributed by atoms with Gasteiger partial charge in [-0.15, -0.1) is 0 Å². The van der Waals surface area contributed by atoms with Crippen molar-refractivity contribution in [2.75, 3.05) is 18.4 Å². The maximum atomic E-state index is 13.0. The lowest BCUT2D eigenvalue weighted by Gasteiger charge is -2.29. The Morgan fingerprint density at radius 1 is 1.20 bits per heavy atom. The van der Waals surface area contributed by atoms with Gasteiger partial charge in [-0.1, -0.05) is 11.6 Å². The molecule has 1 saturated heterocycles. The van der Waals surface area contributed by atoms with Gasteiger partial charge in [0.1, 0.15) is 0 Å². The first-order chi connectivity index (χ1) is 11.6. The number of halogens is 4. The van der Waals surface area contributed by atoms with Crippen molar-refractivity contribution >= 4 is 35.1 Å². The average Bonchev–Trinajstić information content (AvgIpc) is 2.54. The molecule has 6 nitrogen and oxygen atoms in total. The van der Waals surface area contributed by atoms with E-state index in [0.29, 0.717) is 6.07 Å². The predicted molar refractivity (Wildman–Crippen MR) is 82.0 cm³/mol. The van der Waals surface area contributed by atoms with Crippen LogP contribution in [-0.2, 0) is 20.6 Å². The van der Waals surface area contributed by atoms with E-state index in [1.165, 1.54) is 0 Å². The largest absolute Gasteiger partial charge is 0.481 e. The number of rotatable bonds is 2. The molecule has 1 aromatic carbocycles. The number of alkyl halides is 3. The second-order valence-corrected chi connectivity index (χ2v) is 5.98. The summed E-state index contributed by atoms with van der Waals surface area (Å²) in [7, 11) is 0. The predicted octanol–water partition coefficient (Wildman–Crippen LogP) is 2.62. The molecule has 2 N–H and O–H groups in total. The summed E-state index contributed by atoms with van der Waals surface area (Å²) < 4.78 is 39.0. The fourth-order valence-electron chi connectivity index (χ4n) is 2.51. The van der Waals surface area contributed by atoms with Gasteiger partial charge >= 0.3 is 24.0 Å². The van der Waals surface area contributed by atoms with Crippen molar-refractivity contribution in [1.29, 1.82) is 0 Å². The Morgan fingerprint density at radius 2 is 1.80 bits per heavy atom. The van der Waals surface area contributed by atoms with Crippen LogP contribution in [0, 0.1) is 5.92 Å². The van der Waals surface area contributed by atoms with Crippen molar-refractivity contribution in [3.8, 4) is 0 Å². The van der Waals surface area contributed by atoms with Crippen LogP contribution in [0.4, 0.5) is 18.9 Å². The molecule has 0 atom stereocenters. The number of nitrogens with one attached hydrogen (secondary N) is 1. The molecule has 1 heterocycles. The Kier molecular flexibility index (Phi) is 5.56. The number of aliphatic carboxylic acids is 1. The number of carbonyl (C=O) groups excluding carboxylic acids is 2.